The van der Waals surface area contributed by atoms with E-state index in [-0.39, 0.29) is 5.78 Å². The van der Waals surface area contributed by atoms with Crippen molar-refractivity contribution in [3.8, 4) is 5.69 Å². The molecule has 0 saturated carbocycles. The second kappa shape index (κ2) is 4.82. The lowest BCUT2D eigenvalue weighted by Crippen LogP contribution is -1.97. The third-order valence-corrected chi connectivity index (χ3v) is 5.07. The maximum atomic E-state index is 11.1. The van der Waals surface area contributed by atoms with Crippen LogP contribution in [-0.2, 0) is 0 Å². The number of Topliss-reactive ketones (excluding diaryl/α,β-unsaturated/α-hetero) is 1. The van der Waals surface area contributed by atoms with Crippen LogP contribution in [-0.4, -0.2) is 15.3 Å². The number of nitrogens with zero attached hydrogens (tertiary/aromatic N) is 2. The first-order valence-corrected chi connectivity index (χ1v) is 6.75. The molecule has 1 aromatic heterocycles. The number of aromatic nitrogens is 2. The second-order valence-corrected chi connectivity index (χ2v) is 5.34. The van der Waals surface area contributed by atoms with Gasteiger partial charge in [-0.1, -0.05) is 0 Å². The number of ketones is 1. The zero-order chi connectivity index (χ0) is 11.7. The average Bonchev–Trinajstić information content (AvgIpc) is 2.60. The van der Waals surface area contributed by atoms with E-state index in [9.17, 15) is 4.79 Å². The van der Waals surface area contributed by atoms with E-state index in [0.717, 1.165) is 18.7 Å². The smallest absolute Gasteiger partial charge is 0.159 e. The number of halogens is 2. The van der Waals surface area contributed by atoms with Crippen molar-refractivity contribution < 1.29 is 4.79 Å². The van der Waals surface area contributed by atoms with Crippen LogP contribution in [0, 0.1) is 7.40 Å². The van der Waals surface area contributed by atoms with Crippen molar-refractivity contribution in [1.29, 1.82) is 0 Å². The standard InChI is InChI=1S/C11H8I2N2O/c1-7(16)8-2-4-9(5-3-8)15-6-14-10(12)11(15)13/h2-6H,1H3. The van der Waals surface area contributed by atoms with Crippen molar-refractivity contribution in [2.24, 2.45) is 0 Å². The van der Waals surface area contributed by atoms with Crippen molar-refractivity contribution in [3.05, 3.63) is 43.6 Å². The zero-order valence-corrected chi connectivity index (χ0v) is 12.8. The summed E-state index contributed by atoms with van der Waals surface area (Å²) in [6.07, 6.45) is 1.78. The lowest BCUT2D eigenvalue weighted by molar-refractivity contribution is 0.101. The highest BCUT2D eigenvalue weighted by Crippen LogP contribution is 2.18. The first-order valence-electron chi connectivity index (χ1n) is 4.59. The fraction of sp³-hybridized carbons (Fsp3) is 0.0909. The van der Waals surface area contributed by atoms with E-state index < -0.39 is 0 Å². The number of hydrogen-bond donors (Lipinski definition) is 0. The molecule has 0 aliphatic rings. The van der Waals surface area contributed by atoms with Crippen molar-refractivity contribution in [1.82, 2.24) is 9.55 Å². The Bertz CT molecular complexity index is 531. The summed E-state index contributed by atoms with van der Waals surface area (Å²) >= 11 is 4.45. The molecule has 1 heterocycles. The monoisotopic (exact) mass is 438 g/mol. The maximum absolute atomic E-state index is 11.1. The first kappa shape index (κ1) is 12.0. The highest BCUT2D eigenvalue weighted by molar-refractivity contribution is 14.1. The van der Waals surface area contributed by atoms with E-state index in [1.54, 1.807) is 13.3 Å². The molecule has 0 aliphatic carbocycles. The van der Waals surface area contributed by atoms with Gasteiger partial charge in [-0.3, -0.25) is 9.36 Å². The van der Waals surface area contributed by atoms with Gasteiger partial charge < -0.3 is 0 Å². The number of imidazole rings is 1. The Balaban J connectivity index is 2.42. The van der Waals surface area contributed by atoms with Crippen molar-refractivity contribution in [2.75, 3.05) is 0 Å². The van der Waals surface area contributed by atoms with Crippen LogP contribution in [0.15, 0.2) is 30.6 Å². The summed E-state index contributed by atoms with van der Waals surface area (Å²) in [5, 5.41) is 0. The van der Waals surface area contributed by atoms with E-state index in [0.29, 0.717) is 0 Å². The van der Waals surface area contributed by atoms with Crippen LogP contribution in [0.25, 0.3) is 5.69 Å². The van der Waals surface area contributed by atoms with Gasteiger partial charge in [0.05, 0.1) is 0 Å². The van der Waals surface area contributed by atoms with Gasteiger partial charge in [0, 0.05) is 11.3 Å². The largest absolute Gasteiger partial charge is 0.295 e. The molecule has 0 spiro atoms. The fourth-order valence-corrected chi connectivity index (χ4v) is 2.28. The Morgan fingerprint density at radius 1 is 1.25 bits per heavy atom. The first-order chi connectivity index (χ1) is 7.59. The Morgan fingerprint density at radius 3 is 2.31 bits per heavy atom. The lowest BCUT2D eigenvalue weighted by Gasteiger charge is -2.04. The fourth-order valence-electron chi connectivity index (χ4n) is 1.35. The molecule has 3 nitrogen and oxygen atoms in total. The maximum Gasteiger partial charge on any atom is 0.159 e. The summed E-state index contributed by atoms with van der Waals surface area (Å²) in [6, 6.07) is 7.52. The molecular formula is C11H8I2N2O. The van der Waals surface area contributed by atoms with Gasteiger partial charge in [0.2, 0.25) is 0 Å². The van der Waals surface area contributed by atoms with Gasteiger partial charge in [-0.15, -0.1) is 0 Å². The van der Waals surface area contributed by atoms with Crippen LogP contribution in [0.5, 0.6) is 0 Å². The van der Waals surface area contributed by atoms with E-state index in [1.807, 2.05) is 28.8 Å². The Kier molecular flexibility index (Phi) is 3.63. The average molecular weight is 438 g/mol. The molecule has 0 bridgehead atoms. The molecule has 16 heavy (non-hydrogen) atoms. The molecule has 0 N–H and O–H groups in total. The minimum absolute atomic E-state index is 0.0847. The molecule has 82 valence electrons. The van der Waals surface area contributed by atoms with Crippen molar-refractivity contribution >= 4 is 51.0 Å². The normalized spacial score (nSPS) is 10.4. The molecule has 5 heteroatoms. The Hall–Kier alpha value is -0.440. The molecule has 0 radical (unpaired) electrons. The van der Waals surface area contributed by atoms with Gasteiger partial charge in [-0.25, -0.2) is 4.98 Å². The van der Waals surface area contributed by atoms with Gasteiger partial charge in [0.15, 0.2) is 5.78 Å². The summed E-state index contributed by atoms with van der Waals surface area (Å²) in [7, 11) is 0. The van der Waals surface area contributed by atoms with Gasteiger partial charge in [0.25, 0.3) is 0 Å². The van der Waals surface area contributed by atoms with E-state index in [1.165, 1.54) is 0 Å². The van der Waals surface area contributed by atoms with Crippen LogP contribution in [0.4, 0.5) is 0 Å². The number of rotatable bonds is 2. The summed E-state index contributed by atoms with van der Waals surface area (Å²) in [4.78, 5) is 15.4. The van der Waals surface area contributed by atoms with Gasteiger partial charge >= 0.3 is 0 Å². The highest BCUT2D eigenvalue weighted by Gasteiger charge is 2.07. The third kappa shape index (κ3) is 2.29. The Labute approximate surface area is 121 Å². The van der Waals surface area contributed by atoms with E-state index >= 15 is 0 Å². The van der Waals surface area contributed by atoms with Crippen LogP contribution >= 0.6 is 45.2 Å². The molecule has 0 aliphatic heterocycles. The van der Waals surface area contributed by atoms with E-state index in [2.05, 4.69) is 50.2 Å². The van der Waals surface area contributed by atoms with Gasteiger partial charge in [-0.05, 0) is 76.4 Å². The second-order valence-electron chi connectivity index (χ2n) is 3.30. The topological polar surface area (TPSA) is 34.9 Å². The van der Waals surface area contributed by atoms with Crippen LogP contribution < -0.4 is 0 Å². The number of carbonyl (C=O) groups is 1. The SMILES string of the molecule is CC(=O)c1ccc(-n2cnc(I)c2I)cc1. The summed E-state index contributed by atoms with van der Waals surface area (Å²) in [5.41, 5.74) is 1.75. The molecule has 0 amide bonds. The number of hydrogen-bond acceptors (Lipinski definition) is 2. The van der Waals surface area contributed by atoms with Crippen LogP contribution in [0.2, 0.25) is 0 Å². The molecule has 2 aromatic rings. The summed E-state index contributed by atoms with van der Waals surface area (Å²) < 4.78 is 4.05. The quantitative estimate of drug-likeness (QED) is 0.533. The lowest BCUT2D eigenvalue weighted by atomic mass is 10.1. The van der Waals surface area contributed by atoms with Crippen LogP contribution in [0.3, 0.4) is 0 Å². The predicted octanol–water partition coefficient (Wildman–Crippen LogP) is 3.28. The van der Waals surface area contributed by atoms with Crippen LogP contribution in [0.1, 0.15) is 17.3 Å². The molecular weight excluding hydrogens is 430 g/mol. The summed E-state index contributed by atoms with van der Waals surface area (Å²) in [6.45, 7) is 1.57. The zero-order valence-electron chi connectivity index (χ0n) is 8.45. The van der Waals surface area contributed by atoms with Gasteiger partial charge in [0.1, 0.15) is 13.7 Å². The highest BCUT2D eigenvalue weighted by atomic mass is 127. The molecule has 1 aromatic carbocycles. The van der Waals surface area contributed by atoms with Gasteiger partial charge in [-0.2, -0.15) is 0 Å². The van der Waals surface area contributed by atoms with Crippen molar-refractivity contribution in [2.45, 2.75) is 6.92 Å². The number of carbonyl (C=O) groups excluding carboxylic acids is 1. The minimum Gasteiger partial charge on any atom is -0.295 e. The minimum atomic E-state index is 0.0847. The predicted molar refractivity (Wildman–Crippen MR) is 79.0 cm³/mol. The van der Waals surface area contributed by atoms with Crippen molar-refractivity contribution in [3.63, 3.8) is 0 Å². The molecule has 0 atom stereocenters. The molecule has 2 rings (SSSR count). The number of benzene rings is 1. The molecule has 0 unspecified atom stereocenters. The summed E-state index contributed by atoms with van der Waals surface area (Å²) in [5.74, 6) is 0.0847. The Morgan fingerprint density at radius 2 is 1.88 bits per heavy atom. The van der Waals surface area contributed by atoms with E-state index in [4.69, 9.17) is 0 Å². The third-order valence-electron chi connectivity index (χ3n) is 2.22. The molecule has 0 saturated heterocycles. The molecule has 0 fully saturated rings.